The van der Waals surface area contributed by atoms with Gasteiger partial charge in [-0.3, -0.25) is 14.6 Å². The molecular weight excluding hydrogens is 380 g/mol. The Hall–Kier alpha value is -2.28. The van der Waals surface area contributed by atoms with E-state index < -0.39 is 0 Å². The second-order valence-corrected chi connectivity index (χ2v) is 7.11. The number of piperidine rings is 1. The highest BCUT2D eigenvalue weighted by Gasteiger charge is 2.27. The van der Waals surface area contributed by atoms with Crippen LogP contribution in [0.2, 0.25) is 5.02 Å². The molecule has 0 atom stereocenters. The minimum atomic E-state index is -0.113. The number of carbonyl (C=O) groups excluding carboxylic acids is 2. The quantitative estimate of drug-likeness (QED) is 0.429. The van der Waals surface area contributed by atoms with Crippen molar-refractivity contribution in [3.8, 4) is 0 Å². The number of hydrogen-bond acceptors (Lipinski definition) is 4. The van der Waals surface area contributed by atoms with E-state index in [1.165, 1.54) is 0 Å². The molecule has 28 heavy (non-hydrogen) atoms. The molecule has 0 aromatic heterocycles. The number of likely N-dealkylation sites (tertiary alicyclic amines) is 1. The Morgan fingerprint density at radius 3 is 2.68 bits per heavy atom. The van der Waals surface area contributed by atoms with Gasteiger partial charge in [0, 0.05) is 43.8 Å². The molecule has 0 radical (unpaired) electrons. The smallest absolute Gasteiger partial charge is 0.309 e. The molecule has 1 aromatic rings. The lowest BCUT2D eigenvalue weighted by atomic mass is 9.97. The Morgan fingerprint density at radius 1 is 1.32 bits per heavy atom. The first-order valence-corrected chi connectivity index (χ1v) is 10.0. The first-order chi connectivity index (χ1) is 13.5. The van der Waals surface area contributed by atoms with Gasteiger partial charge in [0.15, 0.2) is 5.96 Å². The van der Waals surface area contributed by atoms with E-state index >= 15 is 0 Å². The molecule has 154 valence electrons. The molecule has 0 spiro atoms. The molecule has 0 unspecified atom stereocenters. The first kappa shape index (κ1) is 22.0. The van der Waals surface area contributed by atoms with Crippen LogP contribution in [0.5, 0.6) is 0 Å². The maximum Gasteiger partial charge on any atom is 0.309 e. The molecule has 2 N–H and O–H groups in total. The van der Waals surface area contributed by atoms with Gasteiger partial charge in [-0.25, -0.2) is 0 Å². The predicted molar refractivity (Wildman–Crippen MR) is 112 cm³/mol. The van der Waals surface area contributed by atoms with Gasteiger partial charge >= 0.3 is 5.97 Å². The van der Waals surface area contributed by atoms with E-state index in [0.717, 1.165) is 43.1 Å². The van der Waals surface area contributed by atoms with Gasteiger partial charge in [-0.15, -0.1) is 0 Å². The molecule has 1 heterocycles. The van der Waals surface area contributed by atoms with E-state index in [9.17, 15) is 9.59 Å². The van der Waals surface area contributed by atoms with Crippen molar-refractivity contribution in [3.05, 3.63) is 28.8 Å². The number of aliphatic imine (C=N–C) groups is 1. The van der Waals surface area contributed by atoms with E-state index in [1.54, 1.807) is 13.1 Å². The van der Waals surface area contributed by atoms with Crippen molar-refractivity contribution in [2.24, 2.45) is 10.9 Å². The Morgan fingerprint density at radius 2 is 2.04 bits per heavy atom. The van der Waals surface area contributed by atoms with Crippen molar-refractivity contribution in [1.82, 2.24) is 10.2 Å². The third-order valence-electron chi connectivity index (χ3n) is 4.80. The number of benzene rings is 1. The fourth-order valence-corrected chi connectivity index (χ4v) is 3.34. The zero-order chi connectivity index (χ0) is 20.5. The Bertz CT molecular complexity index is 715. The van der Waals surface area contributed by atoms with Crippen molar-refractivity contribution in [2.75, 3.05) is 38.6 Å². The summed E-state index contributed by atoms with van der Waals surface area (Å²) in [4.78, 5) is 30.4. The number of nitrogens with zero attached hydrogens (tertiary/aromatic N) is 2. The summed E-state index contributed by atoms with van der Waals surface area (Å²) in [7, 11) is 1.72. The topological polar surface area (TPSA) is 83.0 Å². The lowest BCUT2D eigenvalue weighted by Crippen LogP contribution is -2.47. The van der Waals surface area contributed by atoms with E-state index in [1.807, 2.05) is 26.0 Å². The van der Waals surface area contributed by atoms with E-state index in [2.05, 4.69) is 20.5 Å². The number of ether oxygens (including phenoxy) is 1. The Balaban J connectivity index is 1.76. The van der Waals surface area contributed by atoms with E-state index in [4.69, 9.17) is 16.3 Å². The fraction of sp³-hybridized carbons (Fsp3) is 0.550. The summed E-state index contributed by atoms with van der Waals surface area (Å²) in [6, 6.07) is 5.44. The summed E-state index contributed by atoms with van der Waals surface area (Å²) >= 11 is 6.08. The van der Waals surface area contributed by atoms with Crippen LogP contribution in [-0.4, -0.2) is 56.0 Å². The van der Waals surface area contributed by atoms with Crippen LogP contribution in [0.4, 0.5) is 5.69 Å². The molecule has 0 saturated carbocycles. The Labute approximate surface area is 171 Å². The lowest BCUT2D eigenvalue weighted by Gasteiger charge is -2.33. The molecule has 0 aliphatic carbocycles. The third-order valence-corrected chi connectivity index (χ3v) is 5.21. The predicted octanol–water partition coefficient (Wildman–Crippen LogP) is 2.83. The van der Waals surface area contributed by atoms with Gasteiger partial charge in [-0.2, -0.15) is 0 Å². The zero-order valence-electron chi connectivity index (χ0n) is 16.8. The summed E-state index contributed by atoms with van der Waals surface area (Å²) in [5, 5.41) is 6.74. The van der Waals surface area contributed by atoms with Crippen LogP contribution in [0.25, 0.3) is 0 Å². The molecule has 1 aliphatic rings. The number of anilines is 1. The van der Waals surface area contributed by atoms with Gasteiger partial charge in [0.1, 0.15) is 0 Å². The molecule has 1 amide bonds. The van der Waals surface area contributed by atoms with Crippen LogP contribution < -0.4 is 10.6 Å². The van der Waals surface area contributed by atoms with Gasteiger partial charge in [0.05, 0.1) is 12.5 Å². The van der Waals surface area contributed by atoms with Crippen molar-refractivity contribution < 1.29 is 14.3 Å². The van der Waals surface area contributed by atoms with E-state index in [-0.39, 0.29) is 17.8 Å². The highest BCUT2D eigenvalue weighted by Crippen LogP contribution is 2.23. The number of esters is 1. The van der Waals surface area contributed by atoms with Crippen LogP contribution in [0.1, 0.15) is 31.7 Å². The second-order valence-electron chi connectivity index (χ2n) is 6.70. The van der Waals surface area contributed by atoms with Gasteiger partial charge in [0.25, 0.3) is 0 Å². The molecule has 1 aliphatic heterocycles. The van der Waals surface area contributed by atoms with Gasteiger partial charge < -0.3 is 20.3 Å². The Kier molecular flexibility index (Phi) is 8.57. The third kappa shape index (κ3) is 6.12. The molecule has 0 bridgehead atoms. The highest BCUT2D eigenvalue weighted by molar-refractivity contribution is 6.31. The molecule has 8 heteroatoms. The largest absolute Gasteiger partial charge is 0.466 e. The summed E-state index contributed by atoms with van der Waals surface area (Å²) in [5.74, 6) is 0.502. The van der Waals surface area contributed by atoms with Crippen LogP contribution >= 0.6 is 11.6 Å². The van der Waals surface area contributed by atoms with Crippen LogP contribution in [0.15, 0.2) is 23.2 Å². The highest BCUT2D eigenvalue weighted by atomic mass is 35.5. The summed E-state index contributed by atoms with van der Waals surface area (Å²) in [5.41, 5.74) is 1.58. The maximum absolute atomic E-state index is 12.2. The number of amides is 1. The molecule has 1 saturated heterocycles. The molecule has 7 nitrogen and oxygen atoms in total. The summed E-state index contributed by atoms with van der Waals surface area (Å²) in [6.07, 6.45) is 1.80. The fourth-order valence-electron chi connectivity index (χ4n) is 3.16. The molecular formula is C20H29ClN4O3. The number of guanidine groups is 1. The minimum Gasteiger partial charge on any atom is -0.466 e. The second kappa shape index (κ2) is 10.9. The van der Waals surface area contributed by atoms with Crippen LogP contribution in [0.3, 0.4) is 0 Å². The lowest BCUT2D eigenvalue weighted by molar-refractivity contribution is -0.149. The monoisotopic (exact) mass is 408 g/mol. The van der Waals surface area contributed by atoms with Gasteiger partial charge in [-0.1, -0.05) is 17.7 Å². The number of halogens is 1. The van der Waals surface area contributed by atoms with Crippen molar-refractivity contribution >= 4 is 35.1 Å². The molecule has 2 rings (SSSR count). The SMILES string of the molecule is CCOC(=O)C1CCN(C(=NC)NCCC(=O)Nc2cccc(Cl)c2C)CC1. The average Bonchev–Trinajstić information content (AvgIpc) is 2.69. The van der Waals surface area contributed by atoms with Crippen LogP contribution in [0, 0.1) is 12.8 Å². The van der Waals surface area contributed by atoms with Crippen molar-refractivity contribution in [2.45, 2.75) is 33.1 Å². The molecule has 1 aromatic carbocycles. The van der Waals surface area contributed by atoms with Gasteiger partial charge in [0.2, 0.25) is 5.91 Å². The van der Waals surface area contributed by atoms with Crippen molar-refractivity contribution in [1.29, 1.82) is 0 Å². The summed E-state index contributed by atoms with van der Waals surface area (Å²) in [6.45, 7) is 6.05. The van der Waals surface area contributed by atoms with Crippen molar-refractivity contribution in [3.63, 3.8) is 0 Å². The number of nitrogens with one attached hydrogen (secondary N) is 2. The number of hydrogen-bond donors (Lipinski definition) is 2. The minimum absolute atomic E-state index is 0.0407. The zero-order valence-corrected chi connectivity index (χ0v) is 17.5. The summed E-state index contributed by atoms with van der Waals surface area (Å²) < 4.78 is 5.10. The number of carbonyl (C=O) groups is 2. The van der Waals surface area contributed by atoms with Gasteiger partial charge in [-0.05, 0) is 44.4 Å². The maximum atomic E-state index is 12.2. The van der Waals surface area contributed by atoms with E-state index in [0.29, 0.717) is 24.6 Å². The average molecular weight is 409 g/mol. The van der Waals surface area contributed by atoms with Crippen LogP contribution in [-0.2, 0) is 14.3 Å². The standard InChI is InChI=1S/C20H29ClN4O3/c1-4-28-19(27)15-9-12-25(13-10-15)20(22-3)23-11-8-18(26)24-17-7-5-6-16(21)14(17)2/h5-7,15H,4,8-13H2,1-3H3,(H,22,23)(H,24,26). The molecule has 1 fully saturated rings. The first-order valence-electron chi connectivity index (χ1n) is 9.63. The number of rotatable bonds is 6. The normalized spacial score (nSPS) is 15.3.